The summed E-state index contributed by atoms with van der Waals surface area (Å²) in [5.74, 6) is 1.82. The highest BCUT2D eigenvalue weighted by molar-refractivity contribution is 7.91. The van der Waals surface area contributed by atoms with Gasteiger partial charge in [0.2, 0.25) is 5.95 Å². The van der Waals surface area contributed by atoms with E-state index in [1.807, 2.05) is 12.3 Å². The summed E-state index contributed by atoms with van der Waals surface area (Å²) in [5.41, 5.74) is 0.429. The van der Waals surface area contributed by atoms with Crippen molar-refractivity contribution in [1.82, 2.24) is 15.0 Å². The van der Waals surface area contributed by atoms with Gasteiger partial charge in [-0.05, 0) is 54.8 Å². The molecule has 0 saturated carbocycles. The highest BCUT2D eigenvalue weighted by Crippen LogP contribution is 2.36. The van der Waals surface area contributed by atoms with Crippen LogP contribution in [0.15, 0.2) is 36.7 Å². The zero-order valence-corrected chi connectivity index (χ0v) is 23.0. The molecule has 4 heterocycles. The quantitative estimate of drug-likeness (QED) is 0.480. The Hall–Kier alpha value is -3.05. The predicted octanol–water partition coefficient (Wildman–Crippen LogP) is 3.81. The lowest BCUT2D eigenvalue weighted by Gasteiger charge is -2.38. The van der Waals surface area contributed by atoms with Crippen molar-refractivity contribution >= 4 is 43.9 Å². The highest BCUT2D eigenvalue weighted by Gasteiger charge is 2.39. The van der Waals surface area contributed by atoms with Crippen molar-refractivity contribution in [2.75, 3.05) is 47.6 Å². The van der Waals surface area contributed by atoms with Gasteiger partial charge in [0.05, 0.1) is 17.9 Å². The fourth-order valence-electron chi connectivity index (χ4n) is 5.40. The van der Waals surface area contributed by atoms with Crippen LogP contribution in [0.2, 0.25) is 0 Å². The average molecular weight is 543 g/mol. The van der Waals surface area contributed by atoms with Crippen LogP contribution in [-0.2, 0) is 9.84 Å². The molecule has 0 bridgehead atoms. The van der Waals surface area contributed by atoms with Gasteiger partial charge in [0.25, 0.3) is 0 Å². The number of hydrogen-bond acceptors (Lipinski definition) is 9. The molecule has 2 aliphatic rings. The molecule has 2 aliphatic heterocycles. The Morgan fingerprint density at radius 2 is 1.87 bits per heavy atom. The molecule has 2 fully saturated rings. The van der Waals surface area contributed by atoms with E-state index < -0.39 is 21.6 Å². The number of rotatable bonds is 6. The maximum absolute atomic E-state index is 14.7. The lowest BCUT2D eigenvalue weighted by atomic mass is 9.94. The molecule has 9 nitrogen and oxygen atoms in total. The Labute approximate surface area is 223 Å². The summed E-state index contributed by atoms with van der Waals surface area (Å²) in [6.07, 6.45) is 4.68. The Bertz CT molecular complexity index is 1450. The molecule has 3 atom stereocenters. The third-order valence-electron chi connectivity index (χ3n) is 7.67. The number of anilines is 4. The van der Waals surface area contributed by atoms with Gasteiger partial charge in [-0.3, -0.25) is 0 Å². The van der Waals surface area contributed by atoms with Gasteiger partial charge in [0.15, 0.2) is 15.5 Å². The van der Waals surface area contributed by atoms with Crippen LogP contribution < -0.4 is 15.1 Å². The van der Waals surface area contributed by atoms with Crippen molar-refractivity contribution in [3.8, 4) is 0 Å². The molecule has 2 aromatic heterocycles. The minimum Gasteiger partial charge on any atom is -0.390 e. The second kappa shape index (κ2) is 9.92. The number of alkyl halides is 1. The van der Waals surface area contributed by atoms with E-state index in [9.17, 15) is 17.9 Å². The van der Waals surface area contributed by atoms with Gasteiger partial charge in [0.1, 0.15) is 11.6 Å². The van der Waals surface area contributed by atoms with Crippen LogP contribution in [0.25, 0.3) is 10.8 Å². The number of aliphatic hydroxyl groups excluding tert-OH is 1. The molecular weight excluding hydrogens is 507 g/mol. The SMILES string of the molecule is CC(C)c1ccc(N2CC[C@H](S(C)(=O)=O)C2)c2cnc(Nc3ccnc(N4CC[C@@H](O)[C@@](C)(F)C4)n3)cc12. The summed E-state index contributed by atoms with van der Waals surface area (Å²) in [4.78, 5) is 17.4. The monoisotopic (exact) mass is 542 g/mol. The van der Waals surface area contributed by atoms with Crippen LogP contribution in [0, 0.1) is 0 Å². The van der Waals surface area contributed by atoms with Gasteiger partial charge < -0.3 is 20.2 Å². The van der Waals surface area contributed by atoms with Gasteiger partial charge >= 0.3 is 0 Å². The maximum Gasteiger partial charge on any atom is 0.227 e. The molecule has 2 saturated heterocycles. The van der Waals surface area contributed by atoms with Crippen LogP contribution >= 0.6 is 0 Å². The van der Waals surface area contributed by atoms with Crippen molar-refractivity contribution in [3.05, 3.63) is 42.2 Å². The molecule has 0 aliphatic carbocycles. The predicted molar refractivity (Wildman–Crippen MR) is 149 cm³/mol. The van der Waals surface area contributed by atoms with E-state index in [1.54, 1.807) is 17.2 Å². The van der Waals surface area contributed by atoms with Crippen LogP contribution in [0.5, 0.6) is 0 Å². The Morgan fingerprint density at radius 1 is 1.11 bits per heavy atom. The van der Waals surface area contributed by atoms with Gasteiger partial charge in [-0.15, -0.1) is 0 Å². The van der Waals surface area contributed by atoms with E-state index in [1.165, 1.54) is 18.7 Å². The highest BCUT2D eigenvalue weighted by atomic mass is 32.2. The first-order valence-electron chi connectivity index (χ1n) is 13.0. The first-order valence-corrected chi connectivity index (χ1v) is 15.0. The number of aromatic nitrogens is 3. The van der Waals surface area contributed by atoms with Crippen LogP contribution in [0.3, 0.4) is 0 Å². The van der Waals surface area contributed by atoms with Gasteiger partial charge in [-0.25, -0.2) is 22.8 Å². The number of halogens is 1. The maximum atomic E-state index is 14.7. The zero-order valence-electron chi connectivity index (χ0n) is 22.2. The van der Waals surface area contributed by atoms with E-state index in [4.69, 9.17) is 0 Å². The lowest BCUT2D eigenvalue weighted by molar-refractivity contribution is -0.00860. The molecule has 0 unspecified atom stereocenters. The molecule has 5 rings (SSSR count). The molecule has 38 heavy (non-hydrogen) atoms. The summed E-state index contributed by atoms with van der Waals surface area (Å²) in [7, 11) is -3.10. The first-order chi connectivity index (χ1) is 17.9. The molecule has 11 heteroatoms. The normalized spacial score (nSPS) is 24.4. The van der Waals surface area contributed by atoms with E-state index in [2.05, 4.69) is 51.1 Å². The largest absolute Gasteiger partial charge is 0.390 e. The summed E-state index contributed by atoms with van der Waals surface area (Å²) in [5, 5.41) is 14.9. The third kappa shape index (κ3) is 5.26. The molecule has 204 valence electrons. The number of benzene rings is 1. The fourth-order valence-corrected chi connectivity index (χ4v) is 6.38. The number of sulfone groups is 1. The molecule has 0 amide bonds. The van der Waals surface area contributed by atoms with Crippen molar-refractivity contribution < 1.29 is 17.9 Å². The minimum absolute atomic E-state index is 0.0169. The van der Waals surface area contributed by atoms with E-state index in [-0.39, 0.29) is 17.7 Å². The van der Waals surface area contributed by atoms with E-state index in [0.29, 0.717) is 50.1 Å². The Morgan fingerprint density at radius 3 is 2.55 bits per heavy atom. The van der Waals surface area contributed by atoms with E-state index >= 15 is 0 Å². The topological polar surface area (TPSA) is 112 Å². The molecule has 0 spiro atoms. The van der Waals surface area contributed by atoms with Gasteiger partial charge in [0, 0.05) is 49.4 Å². The summed E-state index contributed by atoms with van der Waals surface area (Å²) in [6.45, 7) is 7.32. The smallest absolute Gasteiger partial charge is 0.227 e. The Balaban J connectivity index is 1.44. The molecule has 0 radical (unpaired) electrons. The minimum atomic E-state index is -3.10. The number of fused-ring (bicyclic) bond motifs is 1. The molecule has 2 N–H and O–H groups in total. The summed E-state index contributed by atoms with van der Waals surface area (Å²) < 4.78 is 39.0. The number of nitrogens with zero attached hydrogens (tertiary/aromatic N) is 5. The second-order valence-electron chi connectivity index (χ2n) is 11.0. The summed E-state index contributed by atoms with van der Waals surface area (Å²) >= 11 is 0. The fraction of sp³-hybridized carbons (Fsp3) is 0.519. The standard InChI is InChI=1S/C27H35FN6O3S/c1-17(2)19-5-6-22(33-11-8-18(15-33)38(4,36)37)21-14-30-25(13-20(19)21)31-24-7-10-29-26(32-24)34-12-9-23(35)27(3,28)16-34/h5-7,10,13-14,17-18,23,35H,8-9,11-12,15-16H2,1-4H3,(H,29,30,31,32)/t18-,23+,27-/m0/s1. The van der Waals surface area contributed by atoms with Gasteiger partial charge in [-0.1, -0.05) is 19.9 Å². The number of pyridine rings is 1. The van der Waals surface area contributed by atoms with Crippen LogP contribution in [0.4, 0.5) is 27.7 Å². The lowest BCUT2D eigenvalue weighted by Crippen LogP contribution is -2.52. The third-order valence-corrected chi connectivity index (χ3v) is 9.27. The van der Waals surface area contributed by atoms with Crippen molar-refractivity contribution in [2.24, 2.45) is 0 Å². The number of piperidine rings is 1. The molecule has 1 aromatic carbocycles. The van der Waals surface area contributed by atoms with Gasteiger partial charge in [-0.2, -0.15) is 4.98 Å². The molecule has 3 aromatic rings. The van der Waals surface area contributed by atoms with E-state index in [0.717, 1.165) is 16.5 Å². The van der Waals surface area contributed by atoms with Crippen molar-refractivity contribution in [2.45, 2.75) is 56.6 Å². The summed E-state index contributed by atoms with van der Waals surface area (Å²) in [6, 6.07) is 7.91. The molecular formula is C27H35FN6O3S. The first kappa shape index (κ1) is 26.6. The number of hydrogen-bond donors (Lipinski definition) is 2. The number of nitrogens with one attached hydrogen (secondary N) is 1. The Kier molecular flexibility index (Phi) is 6.93. The van der Waals surface area contributed by atoms with Crippen LogP contribution in [-0.4, -0.2) is 77.9 Å². The number of aliphatic hydroxyl groups is 1. The average Bonchev–Trinajstić information content (AvgIpc) is 3.36. The zero-order chi connectivity index (χ0) is 27.2. The van der Waals surface area contributed by atoms with Crippen molar-refractivity contribution in [1.29, 1.82) is 0 Å². The van der Waals surface area contributed by atoms with Crippen molar-refractivity contribution in [3.63, 3.8) is 0 Å². The van der Waals surface area contributed by atoms with Crippen LogP contribution in [0.1, 0.15) is 45.1 Å². The second-order valence-corrected chi connectivity index (χ2v) is 13.3.